The first-order valence-electron chi connectivity index (χ1n) is 7.86. The monoisotopic (exact) mass is 346 g/mol. The molecule has 0 saturated heterocycles. The zero-order valence-electron chi connectivity index (χ0n) is 14.1. The lowest BCUT2D eigenvalue weighted by Crippen LogP contribution is -2.46. The fourth-order valence-electron chi connectivity index (χ4n) is 2.70. The molecule has 0 heterocycles. The maximum Gasteiger partial charge on any atom is 0.240 e. The molecule has 0 unspecified atom stereocenters. The summed E-state index contributed by atoms with van der Waals surface area (Å²) < 4.78 is 27.3. The number of primary amides is 1. The van der Waals surface area contributed by atoms with Crippen LogP contribution in [0.2, 0.25) is 0 Å². The first kappa shape index (κ1) is 18.6. The Labute approximate surface area is 145 Å². The molecular formula is C19H20F2N2O2. The largest absolute Gasteiger partial charge is 0.368 e. The van der Waals surface area contributed by atoms with Crippen molar-refractivity contribution >= 4 is 11.8 Å². The first-order valence-corrected chi connectivity index (χ1v) is 7.86. The molecule has 132 valence electrons. The molecule has 6 heteroatoms. The summed E-state index contributed by atoms with van der Waals surface area (Å²) in [5.41, 5.74) is 7.90. The molecule has 0 fully saturated rings. The number of hydrogen-bond donors (Lipinski definition) is 2. The molecule has 0 aromatic heterocycles. The van der Waals surface area contributed by atoms with Crippen LogP contribution in [0.5, 0.6) is 0 Å². The van der Waals surface area contributed by atoms with Crippen molar-refractivity contribution in [3.8, 4) is 0 Å². The minimum atomic E-state index is -0.956. The number of carbonyl (C=O) groups excluding carboxylic acids is 2. The van der Waals surface area contributed by atoms with E-state index in [1.165, 1.54) is 6.07 Å². The molecule has 2 rings (SSSR count). The average Bonchev–Trinajstić information content (AvgIpc) is 2.53. The molecule has 0 aliphatic heterocycles. The molecule has 1 atom stereocenters. The van der Waals surface area contributed by atoms with E-state index in [2.05, 4.69) is 5.32 Å². The molecule has 2 aromatic rings. The Balaban J connectivity index is 2.14. The Morgan fingerprint density at radius 3 is 2.04 bits per heavy atom. The lowest BCUT2D eigenvalue weighted by Gasteiger charge is -2.18. The van der Waals surface area contributed by atoms with Crippen LogP contribution < -0.4 is 11.1 Å². The fraction of sp³-hybridized carbons (Fsp3) is 0.263. The van der Waals surface area contributed by atoms with Gasteiger partial charge in [0.05, 0.1) is 6.42 Å². The summed E-state index contributed by atoms with van der Waals surface area (Å²) >= 11 is 0. The standard InChI is InChI=1S/C19H20F2N2O2/c1-11-5-3-6-12(2)13(11)9-17(19(22)25)23-18(24)10-14-15(20)7-4-8-16(14)21/h3-8,17H,9-10H2,1-2H3,(H2,22,25)(H,23,24)/t17-/m0/s1. The van der Waals surface area contributed by atoms with E-state index in [4.69, 9.17) is 5.73 Å². The number of nitrogens with one attached hydrogen (secondary N) is 1. The number of aryl methyl sites for hydroxylation is 2. The summed E-state index contributed by atoms with van der Waals surface area (Å²) in [6.07, 6.45) is -0.283. The molecule has 0 aliphatic rings. The summed E-state index contributed by atoms with van der Waals surface area (Å²) in [6, 6.07) is 8.12. The minimum absolute atomic E-state index is 0.222. The smallest absolute Gasteiger partial charge is 0.240 e. The lowest BCUT2D eigenvalue weighted by atomic mass is 9.96. The molecule has 2 amide bonds. The van der Waals surface area contributed by atoms with Crippen LogP contribution in [0.3, 0.4) is 0 Å². The molecular weight excluding hydrogens is 326 g/mol. The number of benzene rings is 2. The van der Waals surface area contributed by atoms with E-state index in [1.54, 1.807) is 0 Å². The summed E-state index contributed by atoms with van der Waals surface area (Å²) in [6.45, 7) is 3.80. The second-order valence-corrected chi connectivity index (χ2v) is 5.97. The van der Waals surface area contributed by atoms with Crippen LogP contribution in [-0.4, -0.2) is 17.9 Å². The van der Waals surface area contributed by atoms with Gasteiger partial charge in [0.1, 0.15) is 17.7 Å². The van der Waals surface area contributed by atoms with Crippen molar-refractivity contribution in [2.75, 3.05) is 0 Å². The third-order valence-corrected chi connectivity index (χ3v) is 4.13. The van der Waals surface area contributed by atoms with Gasteiger partial charge < -0.3 is 11.1 Å². The molecule has 25 heavy (non-hydrogen) atoms. The maximum atomic E-state index is 13.6. The predicted molar refractivity (Wildman–Crippen MR) is 90.8 cm³/mol. The molecule has 0 spiro atoms. The highest BCUT2D eigenvalue weighted by Crippen LogP contribution is 2.16. The van der Waals surface area contributed by atoms with E-state index in [0.717, 1.165) is 28.8 Å². The van der Waals surface area contributed by atoms with Gasteiger partial charge in [0.25, 0.3) is 0 Å². The predicted octanol–water partition coefficient (Wildman–Crippen LogP) is 2.34. The van der Waals surface area contributed by atoms with Crippen LogP contribution in [0.25, 0.3) is 0 Å². The summed E-state index contributed by atoms with van der Waals surface area (Å²) in [5.74, 6) is -2.98. The molecule has 0 saturated carbocycles. The number of hydrogen-bond acceptors (Lipinski definition) is 2. The van der Waals surface area contributed by atoms with E-state index < -0.39 is 35.9 Å². The van der Waals surface area contributed by atoms with Gasteiger partial charge in [0.15, 0.2) is 0 Å². The van der Waals surface area contributed by atoms with Crippen molar-refractivity contribution in [3.05, 3.63) is 70.3 Å². The van der Waals surface area contributed by atoms with Gasteiger partial charge in [-0.2, -0.15) is 0 Å². The van der Waals surface area contributed by atoms with Gasteiger partial charge in [0, 0.05) is 12.0 Å². The van der Waals surface area contributed by atoms with Gasteiger partial charge in [0.2, 0.25) is 11.8 Å². The Bertz CT molecular complexity index is 766. The van der Waals surface area contributed by atoms with Crippen LogP contribution in [-0.2, 0) is 22.4 Å². The molecule has 2 aromatic carbocycles. The van der Waals surface area contributed by atoms with Gasteiger partial charge in [-0.3, -0.25) is 9.59 Å². The van der Waals surface area contributed by atoms with E-state index in [9.17, 15) is 18.4 Å². The van der Waals surface area contributed by atoms with Gasteiger partial charge in [-0.1, -0.05) is 24.3 Å². The van der Waals surface area contributed by atoms with Gasteiger partial charge in [-0.15, -0.1) is 0 Å². The van der Waals surface area contributed by atoms with Crippen molar-refractivity contribution in [2.45, 2.75) is 32.7 Å². The zero-order valence-corrected chi connectivity index (χ0v) is 14.1. The van der Waals surface area contributed by atoms with Crippen LogP contribution >= 0.6 is 0 Å². The fourth-order valence-corrected chi connectivity index (χ4v) is 2.70. The highest BCUT2D eigenvalue weighted by Gasteiger charge is 2.22. The highest BCUT2D eigenvalue weighted by atomic mass is 19.1. The first-order chi connectivity index (χ1) is 11.8. The Morgan fingerprint density at radius 2 is 1.52 bits per heavy atom. The zero-order chi connectivity index (χ0) is 18.6. The van der Waals surface area contributed by atoms with E-state index in [0.29, 0.717) is 0 Å². The van der Waals surface area contributed by atoms with E-state index in [-0.39, 0.29) is 12.0 Å². The molecule has 0 bridgehead atoms. The Kier molecular flexibility index (Phi) is 5.85. The quantitative estimate of drug-likeness (QED) is 0.843. The van der Waals surface area contributed by atoms with Crippen molar-refractivity contribution in [1.82, 2.24) is 5.32 Å². The van der Waals surface area contributed by atoms with Crippen LogP contribution in [0, 0.1) is 25.5 Å². The summed E-state index contributed by atoms with van der Waals surface area (Å²) in [4.78, 5) is 23.8. The van der Waals surface area contributed by atoms with Gasteiger partial charge >= 0.3 is 0 Å². The Hall–Kier alpha value is -2.76. The van der Waals surface area contributed by atoms with E-state index in [1.807, 2.05) is 32.0 Å². The molecule has 3 N–H and O–H groups in total. The Morgan fingerprint density at radius 1 is 1.00 bits per heavy atom. The van der Waals surface area contributed by atoms with Crippen LogP contribution in [0.15, 0.2) is 36.4 Å². The normalized spacial score (nSPS) is 11.8. The third-order valence-electron chi connectivity index (χ3n) is 4.13. The number of rotatable bonds is 6. The second kappa shape index (κ2) is 7.88. The highest BCUT2D eigenvalue weighted by molar-refractivity contribution is 5.87. The molecule has 0 aliphatic carbocycles. The van der Waals surface area contributed by atoms with Gasteiger partial charge in [-0.05, 0) is 42.7 Å². The van der Waals surface area contributed by atoms with Crippen molar-refractivity contribution < 1.29 is 18.4 Å². The van der Waals surface area contributed by atoms with Gasteiger partial charge in [-0.25, -0.2) is 8.78 Å². The second-order valence-electron chi connectivity index (χ2n) is 5.97. The average molecular weight is 346 g/mol. The number of nitrogens with two attached hydrogens (primary N) is 1. The SMILES string of the molecule is Cc1cccc(C)c1C[C@H](NC(=O)Cc1c(F)cccc1F)C(N)=O. The van der Waals surface area contributed by atoms with E-state index >= 15 is 0 Å². The van der Waals surface area contributed by atoms with Crippen molar-refractivity contribution in [2.24, 2.45) is 5.73 Å². The number of amides is 2. The number of carbonyl (C=O) groups is 2. The summed E-state index contributed by atoms with van der Waals surface area (Å²) in [7, 11) is 0. The van der Waals surface area contributed by atoms with Crippen molar-refractivity contribution in [1.29, 1.82) is 0 Å². The third kappa shape index (κ3) is 4.62. The minimum Gasteiger partial charge on any atom is -0.368 e. The van der Waals surface area contributed by atoms with Crippen LogP contribution in [0.4, 0.5) is 8.78 Å². The molecule has 4 nitrogen and oxygen atoms in total. The molecule has 0 radical (unpaired) electrons. The number of halogens is 2. The van der Waals surface area contributed by atoms with Crippen LogP contribution in [0.1, 0.15) is 22.3 Å². The maximum absolute atomic E-state index is 13.6. The topological polar surface area (TPSA) is 72.2 Å². The van der Waals surface area contributed by atoms with Crippen molar-refractivity contribution in [3.63, 3.8) is 0 Å². The lowest BCUT2D eigenvalue weighted by molar-refractivity contribution is -0.127. The summed E-state index contributed by atoms with van der Waals surface area (Å²) in [5, 5.41) is 2.48.